The van der Waals surface area contributed by atoms with Crippen LogP contribution in [0.15, 0.2) is 18.2 Å². The molecule has 1 aliphatic carbocycles. The summed E-state index contributed by atoms with van der Waals surface area (Å²) >= 11 is 0. The maximum absolute atomic E-state index is 11.3. The molecule has 86 valence electrons. The highest BCUT2D eigenvalue weighted by atomic mass is 16.4. The highest BCUT2D eigenvalue weighted by Crippen LogP contribution is 2.26. The van der Waals surface area contributed by atoms with E-state index in [0.717, 1.165) is 29.5 Å². The zero-order chi connectivity index (χ0) is 11.7. The van der Waals surface area contributed by atoms with Crippen LogP contribution < -0.4 is 5.32 Å². The van der Waals surface area contributed by atoms with Crippen molar-refractivity contribution in [1.29, 1.82) is 0 Å². The summed E-state index contributed by atoms with van der Waals surface area (Å²) in [5.41, 5.74) is 3.02. The van der Waals surface area contributed by atoms with Gasteiger partial charge in [-0.25, -0.2) is 0 Å². The Kier molecular flexibility index (Phi) is 2.97. The summed E-state index contributed by atoms with van der Waals surface area (Å²) in [5, 5.41) is 12.4. The number of hydrogen-bond donors (Lipinski definition) is 2. The maximum Gasteiger partial charge on any atom is 0.325 e. The van der Waals surface area contributed by atoms with E-state index in [9.17, 15) is 9.90 Å². The number of benzene rings is 1. The van der Waals surface area contributed by atoms with Crippen molar-refractivity contribution in [2.45, 2.75) is 38.8 Å². The molecule has 2 rings (SSSR count). The molecule has 0 aliphatic heterocycles. The van der Waals surface area contributed by atoms with Gasteiger partial charge in [0.25, 0.3) is 0 Å². The third-order valence-corrected chi connectivity index (χ3v) is 2.97. The second-order valence-electron chi connectivity index (χ2n) is 4.57. The first-order chi connectivity index (χ1) is 7.58. The number of rotatable bonds is 4. The zero-order valence-electron chi connectivity index (χ0n) is 9.66. The first kappa shape index (κ1) is 11.1. The molecule has 0 heterocycles. The van der Waals surface area contributed by atoms with Gasteiger partial charge in [-0.1, -0.05) is 23.8 Å². The minimum atomic E-state index is -0.791. The van der Waals surface area contributed by atoms with Crippen LogP contribution in [0.5, 0.6) is 0 Å². The monoisotopic (exact) mass is 219 g/mol. The van der Waals surface area contributed by atoms with Gasteiger partial charge in [-0.05, 0) is 37.8 Å². The van der Waals surface area contributed by atoms with Gasteiger partial charge in [-0.2, -0.15) is 0 Å². The van der Waals surface area contributed by atoms with Crippen LogP contribution in [0.4, 0.5) is 0 Å². The second-order valence-corrected chi connectivity index (χ2v) is 4.57. The van der Waals surface area contributed by atoms with E-state index in [-0.39, 0.29) is 0 Å². The highest BCUT2D eigenvalue weighted by molar-refractivity contribution is 5.76. The van der Waals surface area contributed by atoms with Crippen LogP contribution in [0, 0.1) is 13.8 Å². The molecule has 1 unspecified atom stereocenters. The van der Waals surface area contributed by atoms with Gasteiger partial charge in [0.15, 0.2) is 0 Å². The quantitative estimate of drug-likeness (QED) is 0.816. The van der Waals surface area contributed by atoms with Crippen molar-refractivity contribution in [2.24, 2.45) is 0 Å². The Balaban J connectivity index is 2.29. The van der Waals surface area contributed by atoms with Crippen molar-refractivity contribution in [3.63, 3.8) is 0 Å². The Bertz CT molecular complexity index is 410. The third-order valence-electron chi connectivity index (χ3n) is 2.97. The molecule has 0 bridgehead atoms. The molecule has 1 atom stereocenters. The molecule has 1 saturated carbocycles. The van der Waals surface area contributed by atoms with Gasteiger partial charge in [0.2, 0.25) is 0 Å². The number of carboxylic acids is 1. The van der Waals surface area contributed by atoms with Gasteiger partial charge in [0, 0.05) is 6.04 Å². The van der Waals surface area contributed by atoms with Crippen LogP contribution in [0.2, 0.25) is 0 Å². The lowest BCUT2D eigenvalue weighted by Gasteiger charge is -2.17. The molecule has 0 spiro atoms. The summed E-state index contributed by atoms with van der Waals surface area (Å²) < 4.78 is 0. The van der Waals surface area contributed by atoms with E-state index in [4.69, 9.17) is 0 Å². The number of nitrogens with one attached hydrogen (secondary N) is 1. The van der Waals surface area contributed by atoms with Crippen molar-refractivity contribution in [1.82, 2.24) is 5.32 Å². The van der Waals surface area contributed by atoms with Crippen LogP contribution in [0.25, 0.3) is 0 Å². The standard InChI is InChI=1S/C13H17NO2/c1-8-3-4-9(2)11(7-8)12(13(15)16)14-10-5-6-10/h3-4,7,10,12,14H,5-6H2,1-2H3,(H,15,16). The summed E-state index contributed by atoms with van der Waals surface area (Å²) in [4.78, 5) is 11.3. The highest BCUT2D eigenvalue weighted by Gasteiger charge is 2.29. The van der Waals surface area contributed by atoms with Crippen molar-refractivity contribution < 1.29 is 9.90 Å². The molecule has 1 aliphatic rings. The number of aryl methyl sites for hydroxylation is 2. The summed E-state index contributed by atoms with van der Waals surface area (Å²) in [6, 6.07) is 5.78. The average Bonchev–Trinajstić information content (AvgIpc) is 3.02. The number of carbonyl (C=O) groups is 1. The van der Waals surface area contributed by atoms with E-state index in [2.05, 4.69) is 5.32 Å². The molecule has 0 radical (unpaired) electrons. The average molecular weight is 219 g/mol. The third kappa shape index (κ3) is 2.42. The molecule has 3 heteroatoms. The lowest BCUT2D eigenvalue weighted by Crippen LogP contribution is -2.30. The minimum Gasteiger partial charge on any atom is -0.480 e. The normalized spacial score (nSPS) is 17.1. The van der Waals surface area contributed by atoms with E-state index in [1.165, 1.54) is 0 Å². The summed E-state index contributed by atoms with van der Waals surface area (Å²) in [7, 11) is 0. The molecule has 2 N–H and O–H groups in total. The fraction of sp³-hybridized carbons (Fsp3) is 0.462. The van der Waals surface area contributed by atoms with E-state index in [1.54, 1.807) is 0 Å². The van der Waals surface area contributed by atoms with Crippen molar-refractivity contribution >= 4 is 5.97 Å². The van der Waals surface area contributed by atoms with Crippen LogP contribution in [-0.2, 0) is 4.79 Å². The lowest BCUT2D eigenvalue weighted by molar-refractivity contribution is -0.139. The number of aliphatic carboxylic acids is 1. The summed E-state index contributed by atoms with van der Waals surface area (Å²) in [5.74, 6) is -0.791. The molecule has 1 fully saturated rings. The molecule has 16 heavy (non-hydrogen) atoms. The molecule has 3 nitrogen and oxygen atoms in total. The summed E-state index contributed by atoms with van der Waals surface area (Å²) in [6.07, 6.45) is 2.18. The predicted molar refractivity (Wildman–Crippen MR) is 62.5 cm³/mol. The Morgan fingerprint density at radius 3 is 2.69 bits per heavy atom. The fourth-order valence-electron chi connectivity index (χ4n) is 1.85. The Labute approximate surface area is 95.5 Å². The molecule has 0 saturated heterocycles. The van der Waals surface area contributed by atoms with E-state index in [0.29, 0.717) is 6.04 Å². The van der Waals surface area contributed by atoms with Gasteiger partial charge < -0.3 is 5.11 Å². The SMILES string of the molecule is Cc1ccc(C)c(C(NC2CC2)C(=O)O)c1. The summed E-state index contributed by atoms with van der Waals surface area (Å²) in [6.45, 7) is 3.94. The van der Waals surface area contributed by atoms with Crippen LogP contribution in [0.1, 0.15) is 35.6 Å². The second kappa shape index (κ2) is 4.26. The molecule has 1 aromatic rings. The molecular formula is C13H17NO2. The van der Waals surface area contributed by atoms with Gasteiger partial charge in [0.05, 0.1) is 0 Å². The largest absolute Gasteiger partial charge is 0.480 e. The Morgan fingerprint density at radius 2 is 2.12 bits per heavy atom. The van der Waals surface area contributed by atoms with E-state index >= 15 is 0 Å². The van der Waals surface area contributed by atoms with E-state index < -0.39 is 12.0 Å². The van der Waals surface area contributed by atoms with Gasteiger partial charge in [-0.3, -0.25) is 10.1 Å². The first-order valence-corrected chi connectivity index (χ1v) is 5.64. The van der Waals surface area contributed by atoms with E-state index in [1.807, 2.05) is 32.0 Å². The topological polar surface area (TPSA) is 49.3 Å². The van der Waals surface area contributed by atoms with Crippen molar-refractivity contribution in [3.8, 4) is 0 Å². The number of carboxylic acid groups (broad SMARTS) is 1. The van der Waals surface area contributed by atoms with Crippen molar-refractivity contribution in [3.05, 3.63) is 34.9 Å². The number of hydrogen-bond acceptors (Lipinski definition) is 2. The Morgan fingerprint density at radius 1 is 1.44 bits per heavy atom. The molecule has 1 aromatic carbocycles. The van der Waals surface area contributed by atoms with Crippen LogP contribution in [0.3, 0.4) is 0 Å². The van der Waals surface area contributed by atoms with Gasteiger partial charge >= 0.3 is 5.97 Å². The zero-order valence-corrected chi connectivity index (χ0v) is 9.66. The lowest BCUT2D eigenvalue weighted by atomic mass is 9.99. The molecule has 0 amide bonds. The minimum absolute atomic E-state index is 0.390. The molecular weight excluding hydrogens is 202 g/mol. The van der Waals surface area contributed by atoms with Crippen LogP contribution >= 0.6 is 0 Å². The molecule has 0 aromatic heterocycles. The van der Waals surface area contributed by atoms with Gasteiger partial charge in [-0.15, -0.1) is 0 Å². The fourth-order valence-corrected chi connectivity index (χ4v) is 1.85. The Hall–Kier alpha value is -1.35. The predicted octanol–water partition coefficient (Wildman–Crippen LogP) is 2.18. The first-order valence-electron chi connectivity index (χ1n) is 5.64. The van der Waals surface area contributed by atoms with Gasteiger partial charge in [0.1, 0.15) is 6.04 Å². The van der Waals surface area contributed by atoms with Crippen LogP contribution in [-0.4, -0.2) is 17.1 Å². The maximum atomic E-state index is 11.3. The smallest absolute Gasteiger partial charge is 0.325 e. The van der Waals surface area contributed by atoms with Crippen molar-refractivity contribution in [2.75, 3.05) is 0 Å².